The average molecular weight is 265 g/mol. The molecule has 0 spiro atoms. The fraction of sp³-hybridized carbons (Fsp3) is 0.667. The monoisotopic (exact) mass is 265 g/mol. The molecule has 7 nitrogen and oxygen atoms in total. The molecular formula is C12H19N5O2. The molecule has 2 N–H and O–H groups in total. The van der Waals surface area contributed by atoms with Crippen molar-refractivity contribution in [1.82, 2.24) is 9.97 Å². The maximum absolute atomic E-state index is 11.1. The van der Waals surface area contributed by atoms with Crippen LogP contribution in [-0.4, -0.2) is 28.0 Å². The van der Waals surface area contributed by atoms with Crippen LogP contribution in [0, 0.1) is 23.0 Å². The van der Waals surface area contributed by atoms with E-state index in [1.54, 1.807) is 6.92 Å². The molecule has 0 aromatic carbocycles. The van der Waals surface area contributed by atoms with Crippen molar-refractivity contribution in [2.75, 3.05) is 23.7 Å². The first-order chi connectivity index (χ1) is 9.11. The smallest absolute Gasteiger partial charge is 0.332 e. The van der Waals surface area contributed by atoms with E-state index in [1.165, 1.54) is 12.8 Å². The summed E-state index contributed by atoms with van der Waals surface area (Å²) < 4.78 is 0. The maximum Gasteiger partial charge on any atom is 0.332 e. The molecule has 7 heteroatoms. The van der Waals surface area contributed by atoms with Crippen LogP contribution in [-0.2, 0) is 0 Å². The van der Waals surface area contributed by atoms with Crippen molar-refractivity contribution in [2.45, 2.75) is 33.1 Å². The lowest BCUT2D eigenvalue weighted by Crippen LogP contribution is -2.13. The van der Waals surface area contributed by atoms with Crippen LogP contribution in [0.25, 0.3) is 0 Å². The summed E-state index contributed by atoms with van der Waals surface area (Å²) in [5.41, 5.74) is 0.361. The first-order valence-corrected chi connectivity index (χ1v) is 6.62. The molecule has 0 saturated heterocycles. The van der Waals surface area contributed by atoms with Crippen LogP contribution < -0.4 is 10.6 Å². The molecule has 0 unspecified atom stereocenters. The highest BCUT2D eigenvalue weighted by molar-refractivity contribution is 5.60. The Balaban J connectivity index is 2.22. The number of hydrogen-bond donors (Lipinski definition) is 2. The number of rotatable bonds is 7. The van der Waals surface area contributed by atoms with Gasteiger partial charge in [0.1, 0.15) is 5.69 Å². The molecule has 0 atom stereocenters. The third kappa shape index (κ3) is 3.52. The van der Waals surface area contributed by atoms with Crippen LogP contribution in [0.4, 0.5) is 17.5 Å². The normalized spacial score (nSPS) is 14.2. The first-order valence-electron chi connectivity index (χ1n) is 6.62. The molecular weight excluding hydrogens is 246 g/mol. The molecule has 0 bridgehead atoms. The Morgan fingerprint density at radius 3 is 2.68 bits per heavy atom. The van der Waals surface area contributed by atoms with Crippen molar-refractivity contribution in [3.05, 3.63) is 15.8 Å². The Morgan fingerprint density at radius 2 is 2.11 bits per heavy atom. The quantitative estimate of drug-likeness (QED) is 0.580. The number of nitrogens with one attached hydrogen (secondary N) is 2. The lowest BCUT2D eigenvalue weighted by atomic mass is 10.3. The van der Waals surface area contributed by atoms with Crippen molar-refractivity contribution in [1.29, 1.82) is 0 Å². The Labute approximate surface area is 112 Å². The van der Waals surface area contributed by atoms with Gasteiger partial charge in [0.05, 0.1) is 4.92 Å². The van der Waals surface area contributed by atoms with Gasteiger partial charge in [-0.2, -0.15) is 4.98 Å². The number of aryl methyl sites for hydroxylation is 1. The number of anilines is 2. The van der Waals surface area contributed by atoms with E-state index >= 15 is 0 Å². The number of nitrogens with zero attached hydrogens (tertiary/aromatic N) is 3. The Morgan fingerprint density at radius 1 is 1.37 bits per heavy atom. The molecule has 1 aliphatic rings. The molecule has 0 aliphatic heterocycles. The lowest BCUT2D eigenvalue weighted by molar-refractivity contribution is -0.385. The SMILES string of the molecule is CCCNc1nc(C)c([N+](=O)[O-])c(NCC2CC2)n1. The molecule has 1 saturated carbocycles. The molecule has 1 fully saturated rings. The molecule has 1 heterocycles. The van der Waals surface area contributed by atoms with E-state index in [1.807, 2.05) is 6.92 Å². The number of hydrogen-bond acceptors (Lipinski definition) is 6. The van der Waals surface area contributed by atoms with Gasteiger partial charge in [-0.15, -0.1) is 0 Å². The maximum atomic E-state index is 11.1. The highest BCUT2D eigenvalue weighted by Crippen LogP contribution is 2.31. The molecule has 0 amide bonds. The predicted octanol–water partition coefficient (Wildman–Crippen LogP) is 2.34. The summed E-state index contributed by atoms with van der Waals surface area (Å²) in [6.45, 7) is 5.17. The van der Waals surface area contributed by atoms with Crippen molar-refractivity contribution in [2.24, 2.45) is 5.92 Å². The second kappa shape index (κ2) is 5.81. The molecule has 1 aliphatic carbocycles. The first kappa shape index (κ1) is 13.5. The van der Waals surface area contributed by atoms with Crippen LogP contribution in [0.15, 0.2) is 0 Å². The van der Waals surface area contributed by atoms with Crippen molar-refractivity contribution >= 4 is 17.5 Å². The van der Waals surface area contributed by atoms with Crippen LogP contribution >= 0.6 is 0 Å². The van der Waals surface area contributed by atoms with Gasteiger partial charge in [-0.25, -0.2) is 4.98 Å². The van der Waals surface area contributed by atoms with Gasteiger partial charge in [-0.1, -0.05) is 6.92 Å². The molecule has 19 heavy (non-hydrogen) atoms. The Hall–Kier alpha value is -1.92. The Kier molecular flexibility index (Phi) is 4.13. The highest BCUT2D eigenvalue weighted by Gasteiger charge is 2.25. The predicted molar refractivity (Wildman–Crippen MR) is 73.4 cm³/mol. The van der Waals surface area contributed by atoms with Gasteiger partial charge in [-0.05, 0) is 32.1 Å². The minimum atomic E-state index is -0.422. The van der Waals surface area contributed by atoms with E-state index in [4.69, 9.17) is 0 Å². The number of aromatic nitrogens is 2. The van der Waals surface area contributed by atoms with Gasteiger partial charge < -0.3 is 10.6 Å². The standard InChI is InChI=1S/C12H19N5O2/c1-3-6-13-12-15-8(2)10(17(18)19)11(16-12)14-7-9-4-5-9/h9H,3-7H2,1-2H3,(H2,13,14,15,16). The topological polar surface area (TPSA) is 93.0 Å². The van der Waals surface area contributed by atoms with Gasteiger partial charge in [0, 0.05) is 13.1 Å². The van der Waals surface area contributed by atoms with Gasteiger partial charge in [0.2, 0.25) is 11.8 Å². The van der Waals surface area contributed by atoms with Gasteiger partial charge in [-0.3, -0.25) is 10.1 Å². The summed E-state index contributed by atoms with van der Waals surface area (Å²) in [7, 11) is 0. The largest absolute Gasteiger partial charge is 0.364 e. The van der Waals surface area contributed by atoms with Crippen LogP contribution in [0.1, 0.15) is 31.9 Å². The third-order valence-corrected chi connectivity index (χ3v) is 3.03. The highest BCUT2D eigenvalue weighted by atomic mass is 16.6. The number of nitro groups is 1. The summed E-state index contributed by atoms with van der Waals surface area (Å²) in [4.78, 5) is 19.0. The fourth-order valence-corrected chi connectivity index (χ4v) is 1.79. The fourth-order valence-electron chi connectivity index (χ4n) is 1.79. The van der Waals surface area contributed by atoms with Gasteiger partial charge in [0.15, 0.2) is 0 Å². The van der Waals surface area contributed by atoms with Crippen molar-refractivity contribution in [3.63, 3.8) is 0 Å². The summed E-state index contributed by atoms with van der Waals surface area (Å²) in [6, 6.07) is 0. The third-order valence-electron chi connectivity index (χ3n) is 3.03. The van der Waals surface area contributed by atoms with E-state index in [9.17, 15) is 10.1 Å². The van der Waals surface area contributed by atoms with E-state index in [-0.39, 0.29) is 5.69 Å². The van der Waals surface area contributed by atoms with Crippen LogP contribution in [0.2, 0.25) is 0 Å². The molecule has 0 radical (unpaired) electrons. The van der Waals surface area contributed by atoms with Gasteiger partial charge >= 0.3 is 5.69 Å². The minimum absolute atomic E-state index is 0.0253. The van der Waals surface area contributed by atoms with Gasteiger partial charge in [0.25, 0.3) is 0 Å². The summed E-state index contributed by atoms with van der Waals surface area (Å²) >= 11 is 0. The molecule has 104 valence electrons. The second-order valence-electron chi connectivity index (χ2n) is 4.84. The zero-order valence-corrected chi connectivity index (χ0v) is 11.3. The lowest BCUT2D eigenvalue weighted by Gasteiger charge is -2.10. The minimum Gasteiger partial charge on any atom is -0.364 e. The van der Waals surface area contributed by atoms with Crippen molar-refractivity contribution < 1.29 is 4.92 Å². The van der Waals surface area contributed by atoms with E-state index < -0.39 is 4.92 Å². The summed E-state index contributed by atoms with van der Waals surface area (Å²) in [5.74, 6) is 1.40. The van der Waals surface area contributed by atoms with E-state index in [2.05, 4.69) is 20.6 Å². The average Bonchev–Trinajstić information content (AvgIpc) is 3.16. The Bertz CT molecular complexity index is 473. The van der Waals surface area contributed by atoms with Crippen LogP contribution in [0.5, 0.6) is 0 Å². The van der Waals surface area contributed by atoms with E-state index in [0.29, 0.717) is 23.4 Å². The molecule has 2 rings (SSSR count). The molecule has 1 aromatic rings. The zero-order valence-electron chi connectivity index (χ0n) is 11.3. The molecule has 1 aromatic heterocycles. The summed E-state index contributed by atoms with van der Waals surface area (Å²) in [5, 5.41) is 17.2. The zero-order chi connectivity index (χ0) is 13.8. The second-order valence-corrected chi connectivity index (χ2v) is 4.84. The van der Waals surface area contributed by atoms with E-state index in [0.717, 1.165) is 19.5 Å². The van der Waals surface area contributed by atoms with Crippen molar-refractivity contribution in [3.8, 4) is 0 Å². The van der Waals surface area contributed by atoms with Crippen LogP contribution in [0.3, 0.4) is 0 Å². The summed E-state index contributed by atoms with van der Waals surface area (Å²) in [6.07, 6.45) is 3.32.